The monoisotopic (exact) mass is 449 g/mol. The molecule has 0 aliphatic rings. The number of aromatic nitrogens is 2. The Bertz CT molecular complexity index is 1250. The second-order valence-corrected chi connectivity index (χ2v) is 7.52. The number of hydrogen-bond acceptors (Lipinski definition) is 2. The number of benzene rings is 3. The molecule has 0 spiro atoms. The molecular weight excluding hydrogens is 427 g/mol. The van der Waals surface area contributed by atoms with E-state index in [-0.39, 0.29) is 12.5 Å². The standard InChI is InChI=1S/C26H22F3N3O/c1-2-22-23(25(33)30-17-18-10-9-13-20(16-18)26(27,28)29)24(19-11-5-3-6-12-19)31-32(22)21-14-7-4-8-15-21/h3-16H,2,17H2,1H3,(H,30,33). The van der Waals surface area contributed by atoms with Crippen molar-refractivity contribution in [2.45, 2.75) is 26.1 Å². The van der Waals surface area contributed by atoms with Crippen molar-refractivity contribution in [1.29, 1.82) is 0 Å². The van der Waals surface area contributed by atoms with Gasteiger partial charge in [-0.15, -0.1) is 0 Å². The molecule has 0 atom stereocenters. The van der Waals surface area contributed by atoms with Crippen LogP contribution >= 0.6 is 0 Å². The maximum Gasteiger partial charge on any atom is 0.416 e. The summed E-state index contributed by atoms with van der Waals surface area (Å²) in [5, 5.41) is 7.54. The Hall–Kier alpha value is -3.87. The van der Waals surface area contributed by atoms with Crippen LogP contribution in [0.4, 0.5) is 13.2 Å². The van der Waals surface area contributed by atoms with Crippen molar-refractivity contribution in [3.8, 4) is 16.9 Å². The molecule has 0 aliphatic heterocycles. The van der Waals surface area contributed by atoms with Gasteiger partial charge in [0.15, 0.2) is 0 Å². The molecule has 1 N–H and O–H groups in total. The fourth-order valence-electron chi connectivity index (χ4n) is 3.73. The van der Waals surface area contributed by atoms with E-state index in [9.17, 15) is 18.0 Å². The molecule has 1 amide bonds. The maximum absolute atomic E-state index is 13.3. The van der Waals surface area contributed by atoms with Crippen LogP contribution in [-0.4, -0.2) is 15.7 Å². The predicted octanol–water partition coefficient (Wildman–Crippen LogP) is 6.05. The van der Waals surface area contributed by atoms with Gasteiger partial charge in [-0.25, -0.2) is 4.68 Å². The Labute approximate surface area is 189 Å². The molecule has 33 heavy (non-hydrogen) atoms. The highest BCUT2D eigenvalue weighted by Gasteiger charge is 2.30. The molecular formula is C26H22F3N3O. The summed E-state index contributed by atoms with van der Waals surface area (Å²) in [6.45, 7) is 1.91. The van der Waals surface area contributed by atoms with E-state index in [1.807, 2.05) is 67.6 Å². The quantitative estimate of drug-likeness (QED) is 0.390. The summed E-state index contributed by atoms with van der Waals surface area (Å²) in [6.07, 6.45) is -3.90. The van der Waals surface area contributed by atoms with Crippen molar-refractivity contribution in [2.75, 3.05) is 0 Å². The molecule has 0 saturated carbocycles. The van der Waals surface area contributed by atoms with Crippen LogP contribution in [0.15, 0.2) is 84.9 Å². The number of para-hydroxylation sites is 1. The van der Waals surface area contributed by atoms with Crippen molar-refractivity contribution in [3.05, 3.63) is 107 Å². The lowest BCUT2D eigenvalue weighted by Crippen LogP contribution is -2.24. The average Bonchev–Trinajstić information content (AvgIpc) is 3.23. The second-order valence-electron chi connectivity index (χ2n) is 7.52. The molecule has 4 nitrogen and oxygen atoms in total. The summed E-state index contributed by atoms with van der Waals surface area (Å²) in [5.74, 6) is -0.384. The molecule has 0 unspecified atom stereocenters. The Kier molecular flexibility index (Phi) is 6.31. The van der Waals surface area contributed by atoms with Gasteiger partial charge in [0, 0.05) is 12.1 Å². The predicted molar refractivity (Wildman–Crippen MR) is 121 cm³/mol. The third-order valence-corrected chi connectivity index (χ3v) is 5.30. The zero-order valence-corrected chi connectivity index (χ0v) is 17.9. The molecule has 4 aromatic rings. The van der Waals surface area contributed by atoms with Gasteiger partial charge in [-0.2, -0.15) is 18.3 Å². The van der Waals surface area contributed by atoms with Crippen LogP contribution in [0.5, 0.6) is 0 Å². The van der Waals surface area contributed by atoms with Crippen LogP contribution in [0.3, 0.4) is 0 Å². The zero-order chi connectivity index (χ0) is 23.4. The van der Waals surface area contributed by atoms with E-state index in [0.29, 0.717) is 23.2 Å². The summed E-state index contributed by atoms with van der Waals surface area (Å²) < 4.78 is 40.9. The number of carbonyl (C=O) groups excluding carboxylic acids is 1. The van der Waals surface area contributed by atoms with Gasteiger partial charge in [-0.3, -0.25) is 4.79 Å². The third-order valence-electron chi connectivity index (χ3n) is 5.30. The molecule has 1 aromatic heterocycles. The number of halogens is 3. The third kappa shape index (κ3) is 4.82. The average molecular weight is 449 g/mol. The van der Waals surface area contributed by atoms with Gasteiger partial charge in [-0.05, 0) is 36.2 Å². The molecule has 4 rings (SSSR count). The van der Waals surface area contributed by atoms with Gasteiger partial charge in [0.25, 0.3) is 5.91 Å². The summed E-state index contributed by atoms with van der Waals surface area (Å²) >= 11 is 0. The Balaban J connectivity index is 1.71. The largest absolute Gasteiger partial charge is 0.416 e. The van der Waals surface area contributed by atoms with E-state index < -0.39 is 11.7 Å². The molecule has 7 heteroatoms. The van der Waals surface area contributed by atoms with Gasteiger partial charge in [0.05, 0.1) is 22.5 Å². The van der Waals surface area contributed by atoms with Crippen molar-refractivity contribution in [3.63, 3.8) is 0 Å². The molecule has 168 valence electrons. The van der Waals surface area contributed by atoms with E-state index in [4.69, 9.17) is 5.10 Å². The van der Waals surface area contributed by atoms with Crippen LogP contribution < -0.4 is 5.32 Å². The summed E-state index contributed by atoms with van der Waals surface area (Å²) in [4.78, 5) is 13.3. The SMILES string of the molecule is CCc1c(C(=O)NCc2cccc(C(F)(F)F)c2)c(-c2ccccc2)nn1-c1ccccc1. The molecule has 1 heterocycles. The van der Waals surface area contributed by atoms with Crippen LogP contribution in [0.2, 0.25) is 0 Å². The lowest BCUT2D eigenvalue weighted by atomic mass is 10.0. The number of amides is 1. The van der Waals surface area contributed by atoms with E-state index in [0.717, 1.165) is 29.1 Å². The highest BCUT2D eigenvalue weighted by Crippen LogP contribution is 2.30. The minimum atomic E-state index is -4.44. The minimum Gasteiger partial charge on any atom is -0.348 e. The van der Waals surface area contributed by atoms with E-state index >= 15 is 0 Å². The van der Waals surface area contributed by atoms with Gasteiger partial charge >= 0.3 is 6.18 Å². The Morgan fingerprint density at radius 3 is 2.24 bits per heavy atom. The molecule has 0 radical (unpaired) electrons. The van der Waals surface area contributed by atoms with Crippen LogP contribution in [-0.2, 0) is 19.1 Å². The minimum absolute atomic E-state index is 0.0311. The lowest BCUT2D eigenvalue weighted by molar-refractivity contribution is -0.137. The number of nitrogens with one attached hydrogen (secondary N) is 1. The molecule has 0 fully saturated rings. The number of alkyl halides is 3. The first-order valence-electron chi connectivity index (χ1n) is 10.6. The number of hydrogen-bond donors (Lipinski definition) is 1. The zero-order valence-electron chi connectivity index (χ0n) is 17.9. The first kappa shape index (κ1) is 22.3. The summed E-state index contributed by atoms with van der Waals surface area (Å²) in [7, 11) is 0. The number of rotatable bonds is 6. The van der Waals surface area contributed by atoms with Crippen LogP contribution in [0, 0.1) is 0 Å². The number of carbonyl (C=O) groups is 1. The van der Waals surface area contributed by atoms with Gasteiger partial charge in [-0.1, -0.05) is 67.6 Å². The van der Waals surface area contributed by atoms with Gasteiger partial charge in [0.1, 0.15) is 5.69 Å². The maximum atomic E-state index is 13.3. The van der Waals surface area contributed by atoms with Gasteiger partial charge < -0.3 is 5.32 Å². The van der Waals surface area contributed by atoms with Crippen LogP contribution in [0.1, 0.15) is 34.1 Å². The fraction of sp³-hybridized carbons (Fsp3) is 0.154. The van der Waals surface area contributed by atoms with Crippen molar-refractivity contribution >= 4 is 5.91 Å². The molecule has 0 saturated heterocycles. The smallest absolute Gasteiger partial charge is 0.348 e. The molecule has 0 aliphatic carbocycles. The second kappa shape index (κ2) is 9.32. The fourth-order valence-corrected chi connectivity index (χ4v) is 3.73. The number of nitrogens with zero attached hydrogens (tertiary/aromatic N) is 2. The molecule has 3 aromatic carbocycles. The first-order chi connectivity index (χ1) is 15.9. The first-order valence-corrected chi connectivity index (χ1v) is 10.6. The Morgan fingerprint density at radius 2 is 1.61 bits per heavy atom. The van der Waals surface area contributed by atoms with E-state index in [1.54, 1.807) is 10.7 Å². The highest BCUT2D eigenvalue weighted by molar-refractivity contribution is 6.01. The van der Waals surface area contributed by atoms with Gasteiger partial charge in [0.2, 0.25) is 0 Å². The Morgan fingerprint density at radius 1 is 0.939 bits per heavy atom. The topological polar surface area (TPSA) is 46.9 Å². The molecule has 0 bridgehead atoms. The van der Waals surface area contributed by atoms with Crippen molar-refractivity contribution in [2.24, 2.45) is 0 Å². The summed E-state index contributed by atoms with van der Waals surface area (Å²) in [6, 6.07) is 23.8. The van der Waals surface area contributed by atoms with E-state index in [1.165, 1.54) is 6.07 Å². The highest BCUT2D eigenvalue weighted by atomic mass is 19.4. The van der Waals surface area contributed by atoms with Crippen molar-refractivity contribution < 1.29 is 18.0 Å². The summed E-state index contributed by atoms with van der Waals surface area (Å²) in [5.41, 5.74) is 2.90. The van der Waals surface area contributed by atoms with E-state index in [2.05, 4.69) is 5.32 Å². The lowest BCUT2D eigenvalue weighted by Gasteiger charge is -2.11. The van der Waals surface area contributed by atoms with Crippen LogP contribution in [0.25, 0.3) is 16.9 Å². The van der Waals surface area contributed by atoms with Crippen molar-refractivity contribution in [1.82, 2.24) is 15.1 Å². The normalized spacial score (nSPS) is 11.4.